The van der Waals surface area contributed by atoms with Gasteiger partial charge in [0.25, 0.3) is 0 Å². The average molecular weight is 608 g/mol. The largest absolute Gasteiger partial charge is 0.383 e. The predicted octanol–water partition coefficient (Wildman–Crippen LogP) is 5.61. The molecule has 0 aromatic carbocycles. The normalized spacial score (nSPS) is 44.1. The number of nitrogens with one attached hydrogen (secondary N) is 1. The Morgan fingerprint density at radius 2 is 1.73 bits per heavy atom. The molecule has 0 aliphatic heterocycles. The van der Waals surface area contributed by atoms with Crippen molar-refractivity contribution in [1.82, 2.24) is 10.2 Å². The minimum atomic E-state index is -1.57. The molecule has 44 heavy (non-hydrogen) atoms. The van der Waals surface area contributed by atoms with Gasteiger partial charge in [-0.2, -0.15) is 5.26 Å². The number of rotatable bonds is 5. The molecule has 0 spiro atoms. The van der Waals surface area contributed by atoms with Crippen molar-refractivity contribution in [1.29, 1.82) is 5.26 Å². The Labute approximate surface area is 263 Å². The van der Waals surface area contributed by atoms with Crippen LogP contribution in [-0.4, -0.2) is 67.1 Å². The Kier molecular flexibility index (Phi) is 7.66. The first-order valence-electron chi connectivity index (χ1n) is 16.4. The number of hydrogen-bond donors (Lipinski definition) is 2. The van der Waals surface area contributed by atoms with Crippen molar-refractivity contribution in [3.8, 4) is 6.07 Å². The van der Waals surface area contributed by atoms with E-state index < -0.39 is 27.3 Å². The van der Waals surface area contributed by atoms with Gasteiger partial charge in [-0.3, -0.25) is 9.59 Å². The van der Waals surface area contributed by atoms with Crippen LogP contribution >= 0.6 is 0 Å². The lowest BCUT2D eigenvalue weighted by atomic mass is 9.33. The van der Waals surface area contributed by atoms with Crippen molar-refractivity contribution in [2.45, 2.75) is 99.0 Å². The number of Topliss-reactive ketones (excluding diaryl/α,β-unsaturated/α-hetero) is 1. The van der Waals surface area contributed by atoms with Gasteiger partial charge in [0, 0.05) is 49.4 Å². The lowest BCUT2D eigenvalue weighted by Crippen LogP contribution is -2.74. The highest BCUT2D eigenvalue weighted by molar-refractivity contribution is 6.05. The van der Waals surface area contributed by atoms with E-state index in [2.05, 4.69) is 46.0 Å². The van der Waals surface area contributed by atoms with Crippen LogP contribution < -0.4 is 5.32 Å². The first kappa shape index (κ1) is 32.9. The molecule has 0 heterocycles. The molecule has 3 fully saturated rings. The third-order valence-electron chi connectivity index (χ3n) is 13.9. The summed E-state index contributed by atoms with van der Waals surface area (Å²) in [4.78, 5) is 42.5. The number of methoxy groups -OCH3 is 1. The molecule has 0 unspecified atom stereocenters. The minimum Gasteiger partial charge on any atom is -0.383 e. The average Bonchev–Trinajstić information content (AvgIpc) is 2.95. The van der Waals surface area contributed by atoms with Crippen molar-refractivity contribution in [2.75, 3.05) is 33.9 Å². The van der Waals surface area contributed by atoms with Gasteiger partial charge < -0.3 is 20.1 Å². The summed E-state index contributed by atoms with van der Waals surface area (Å²) in [5, 5.41) is 26.0. The summed E-state index contributed by atoms with van der Waals surface area (Å²) < 4.78 is 5.07. The molecule has 8 atom stereocenters. The summed E-state index contributed by atoms with van der Waals surface area (Å²) in [6, 6.07) is 2.01. The van der Waals surface area contributed by atoms with Crippen molar-refractivity contribution in [2.24, 2.45) is 44.3 Å². The summed E-state index contributed by atoms with van der Waals surface area (Å²) >= 11 is 0. The molecular formula is C36H53N3O5. The van der Waals surface area contributed by atoms with Gasteiger partial charge in [-0.15, -0.1) is 0 Å². The zero-order chi connectivity index (χ0) is 32.7. The Hall–Kier alpha value is -2.50. The molecule has 242 valence electrons. The van der Waals surface area contributed by atoms with Crippen LogP contribution in [0.3, 0.4) is 0 Å². The quantitative estimate of drug-likeness (QED) is 0.392. The number of nitriles is 1. The summed E-state index contributed by atoms with van der Waals surface area (Å²) in [7, 11) is 3.41. The minimum absolute atomic E-state index is 0.0427. The van der Waals surface area contributed by atoms with Crippen molar-refractivity contribution < 1.29 is 24.2 Å². The standard InChI is InChI=1S/C36H53N3O5/c1-30(2)24-10-11-34(6)25(33(24,5)19-23(21-37)28(30)41)18-27(40)36(43)26-20-31(3,22-39(8)29(42)38-16-17-44-9)12-13-32(26,4)14-15-35(34,36)7/h18-19,24,26,43H,10-17,20,22H2,1-9H3,(H,38,42)/t24-,26+,31-,32+,33-,34+,35-,36+/m0/s1. The van der Waals surface area contributed by atoms with E-state index in [1.54, 1.807) is 25.1 Å². The lowest BCUT2D eigenvalue weighted by molar-refractivity contribution is -0.243. The number of allylic oxidation sites excluding steroid dienone is 3. The van der Waals surface area contributed by atoms with Crippen molar-refractivity contribution in [3.05, 3.63) is 23.3 Å². The number of ketones is 2. The summed E-state index contributed by atoms with van der Waals surface area (Å²) in [5.74, 6) is -0.663. The second-order valence-electron chi connectivity index (χ2n) is 16.7. The van der Waals surface area contributed by atoms with Crippen LogP contribution in [0.4, 0.5) is 4.79 Å². The first-order chi connectivity index (χ1) is 20.3. The maximum Gasteiger partial charge on any atom is 0.317 e. The van der Waals surface area contributed by atoms with Crippen LogP contribution in [0.5, 0.6) is 0 Å². The lowest BCUT2D eigenvalue weighted by Gasteiger charge is -2.71. The number of fused-ring (bicyclic) bond motifs is 7. The molecule has 0 aromatic rings. The van der Waals surface area contributed by atoms with E-state index in [4.69, 9.17) is 4.74 Å². The van der Waals surface area contributed by atoms with Gasteiger partial charge in [0.15, 0.2) is 11.6 Å². The summed E-state index contributed by atoms with van der Waals surface area (Å²) in [5.41, 5.74) is -3.48. The van der Waals surface area contributed by atoms with Gasteiger partial charge in [0.1, 0.15) is 11.7 Å². The number of carbonyl (C=O) groups is 3. The van der Waals surface area contributed by atoms with E-state index in [0.29, 0.717) is 26.1 Å². The molecule has 0 aromatic heterocycles. The Morgan fingerprint density at radius 1 is 1.07 bits per heavy atom. The molecule has 8 nitrogen and oxygen atoms in total. The Balaban J connectivity index is 1.56. The monoisotopic (exact) mass is 607 g/mol. The van der Waals surface area contributed by atoms with Crippen LogP contribution in [0, 0.1) is 55.7 Å². The number of hydrogen-bond acceptors (Lipinski definition) is 6. The predicted molar refractivity (Wildman–Crippen MR) is 168 cm³/mol. The molecule has 3 saturated carbocycles. The maximum absolute atomic E-state index is 14.7. The van der Waals surface area contributed by atoms with Gasteiger partial charge >= 0.3 is 6.03 Å². The van der Waals surface area contributed by atoms with E-state index in [-0.39, 0.29) is 45.8 Å². The van der Waals surface area contributed by atoms with E-state index in [9.17, 15) is 24.8 Å². The zero-order valence-corrected chi connectivity index (χ0v) is 28.4. The van der Waals surface area contributed by atoms with Gasteiger partial charge in [-0.25, -0.2) is 4.79 Å². The molecule has 2 N–H and O–H groups in total. The van der Waals surface area contributed by atoms with Crippen LogP contribution in [0.1, 0.15) is 93.4 Å². The van der Waals surface area contributed by atoms with Crippen molar-refractivity contribution >= 4 is 17.6 Å². The number of aliphatic hydroxyl groups is 1. The van der Waals surface area contributed by atoms with Gasteiger partial charge in [-0.1, -0.05) is 54.5 Å². The van der Waals surface area contributed by atoms with Gasteiger partial charge in [0.05, 0.1) is 12.2 Å². The number of ether oxygens (including phenoxy) is 1. The van der Waals surface area contributed by atoms with Gasteiger partial charge in [-0.05, 0) is 78.8 Å². The summed E-state index contributed by atoms with van der Waals surface area (Å²) in [6.45, 7) is 16.2. The molecule has 0 saturated heterocycles. The summed E-state index contributed by atoms with van der Waals surface area (Å²) in [6.07, 6.45) is 9.22. The first-order valence-corrected chi connectivity index (χ1v) is 16.4. The molecule has 0 bridgehead atoms. The number of carbonyl (C=O) groups excluding carboxylic acids is 3. The topological polar surface area (TPSA) is 120 Å². The molecule has 0 radical (unpaired) electrons. The highest BCUT2D eigenvalue weighted by atomic mass is 16.5. The zero-order valence-electron chi connectivity index (χ0n) is 28.4. The fraction of sp³-hybridized carbons (Fsp3) is 0.778. The Morgan fingerprint density at radius 3 is 2.36 bits per heavy atom. The van der Waals surface area contributed by atoms with Crippen LogP contribution in [0.2, 0.25) is 0 Å². The molecule has 2 amide bonds. The van der Waals surface area contributed by atoms with E-state index in [1.165, 1.54) is 0 Å². The number of amides is 2. The van der Waals surface area contributed by atoms with Crippen LogP contribution in [-0.2, 0) is 14.3 Å². The van der Waals surface area contributed by atoms with E-state index in [0.717, 1.165) is 44.1 Å². The highest BCUT2D eigenvalue weighted by Crippen LogP contribution is 2.75. The third-order valence-corrected chi connectivity index (χ3v) is 13.9. The smallest absolute Gasteiger partial charge is 0.317 e. The fourth-order valence-corrected chi connectivity index (χ4v) is 11.0. The van der Waals surface area contributed by atoms with E-state index >= 15 is 0 Å². The number of nitrogens with zero attached hydrogens (tertiary/aromatic N) is 2. The van der Waals surface area contributed by atoms with Crippen LogP contribution in [0.25, 0.3) is 0 Å². The maximum atomic E-state index is 14.7. The number of urea groups is 1. The molecule has 8 heteroatoms. The van der Waals surface area contributed by atoms with Crippen molar-refractivity contribution in [3.63, 3.8) is 0 Å². The molecular weight excluding hydrogens is 554 g/mol. The third kappa shape index (κ3) is 4.24. The SMILES string of the molecule is COCCNC(=O)N(C)C[C@@]1(C)CC[C@]2(C)CC[C@@]3(C)[C@]4(C)CC[C@H]5C(C)(C)C(=O)C(C#N)=C[C@]5(C)C4=CC(=O)[C@]3(O)[C@@H]2C1. The molecule has 5 rings (SSSR count). The molecule has 5 aliphatic carbocycles. The van der Waals surface area contributed by atoms with Crippen LogP contribution in [0.15, 0.2) is 23.3 Å². The second kappa shape index (κ2) is 10.3. The highest BCUT2D eigenvalue weighted by Gasteiger charge is 2.75. The van der Waals surface area contributed by atoms with E-state index in [1.807, 2.05) is 19.9 Å². The Bertz CT molecular complexity index is 1380. The second-order valence-corrected chi connectivity index (χ2v) is 16.7. The van der Waals surface area contributed by atoms with Gasteiger partial charge in [0.2, 0.25) is 0 Å². The molecule has 5 aliphatic rings. The fourth-order valence-electron chi connectivity index (χ4n) is 11.0.